The lowest BCUT2D eigenvalue weighted by molar-refractivity contribution is 0.00229. The van der Waals surface area contributed by atoms with Gasteiger partial charge in [0.1, 0.15) is 5.60 Å². The number of nitrogens with zero attached hydrogens (tertiary/aromatic N) is 3. The van der Waals surface area contributed by atoms with E-state index in [0.717, 1.165) is 5.56 Å². The highest BCUT2D eigenvalue weighted by Gasteiger charge is 2.44. The van der Waals surface area contributed by atoms with Crippen molar-refractivity contribution >= 4 is 11.6 Å². The summed E-state index contributed by atoms with van der Waals surface area (Å²) in [5.74, 6) is -0.924. The molecule has 0 aliphatic heterocycles. The third-order valence-corrected chi connectivity index (χ3v) is 7.41. The quantitative estimate of drug-likeness (QED) is 0.215. The van der Waals surface area contributed by atoms with Gasteiger partial charge in [-0.2, -0.15) is 4.98 Å². The zero-order valence-corrected chi connectivity index (χ0v) is 25.3. The SMILES string of the molecule is COc1cc(C(O)(CCN(C)C)C(c2cc(-c3cccc(Cl)c3)cnc2OC)c2cccc(OC)c2F)cc(OC)n1. The summed E-state index contributed by atoms with van der Waals surface area (Å²) in [6.45, 7) is 0.454. The van der Waals surface area contributed by atoms with Gasteiger partial charge in [0.25, 0.3) is 0 Å². The summed E-state index contributed by atoms with van der Waals surface area (Å²) in [4.78, 5) is 10.8. The first-order valence-corrected chi connectivity index (χ1v) is 13.6. The fourth-order valence-corrected chi connectivity index (χ4v) is 5.24. The molecule has 0 fully saturated rings. The number of rotatable bonds is 12. The van der Waals surface area contributed by atoms with Crippen molar-refractivity contribution in [2.24, 2.45) is 0 Å². The largest absolute Gasteiger partial charge is 0.494 e. The first-order valence-electron chi connectivity index (χ1n) is 13.2. The smallest absolute Gasteiger partial charge is 0.217 e. The van der Waals surface area contributed by atoms with Gasteiger partial charge >= 0.3 is 0 Å². The fraction of sp³-hybridized carbons (Fsp3) is 0.312. The third kappa shape index (κ3) is 6.43. The molecular formula is C32H35ClFN3O5. The van der Waals surface area contributed by atoms with Crippen molar-refractivity contribution in [1.29, 1.82) is 0 Å². The molecule has 2 aromatic carbocycles. The molecule has 10 heteroatoms. The fourth-order valence-electron chi connectivity index (χ4n) is 5.05. The van der Waals surface area contributed by atoms with Crippen molar-refractivity contribution < 1.29 is 28.4 Å². The lowest BCUT2D eigenvalue weighted by Gasteiger charge is -2.39. The minimum absolute atomic E-state index is 0.0373. The Hall–Kier alpha value is -3.92. The van der Waals surface area contributed by atoms with Crippen LogP contribution in [0.1, 0.15) is 29.0 Å². The summed E-state index contributed by atoms with van der Waals surface area (Å²) in [5.41, 5.74) is 0.819. The average molecular weight is 596 g/mol. The second kappa shape index (κ2) is 13.4. The number of methoxy groups -OCH3 is 4. The maximum Gasteiger partial charge on any atom is 0.217 e. The molecule has 0 amide bonds. The van der Waals surface area contributed by atoms with Crippen LogP contribution < -0.4 is 18.9 Å². The van der Waals surface area contributed by atoms with Crippen LogP contribution >= 0.6 is 11.6 Å². The lowest BCUT2D eigenvalue weighted by atomic mass is 9.71. The number of pyridine rings is 2. The summed E-state index contributed by atoms with van der Waals surface area (Å²) in [6, 6.07) is 17.3. The predicted molar refractivity (Wildman–Crippen MR) is 160 cm³/mol. The van der Waals surface area contributed by atoms with E-state index in [1.54, 1.807) is 36.5 Å². The van der Waals surface area contributed by atoms with E-state index in [1.807, 2.05) is 43.3 Å². The van der Waals surface area contributed by atoms with Crippen LogP contribution in [0.3, 0.4) is 0 Å². The van der Waals surface area contributed by atoms with Crippen LogP contribution in [0.2, 0.25) is 5.02 Å². The number of aromatic nitrogens is 2. The normalized spacial score (nSPS) is 13.4. The lowest BCUT2D eigenvalue weighted by Crippen LogP contribution is -2.38. The van der Waals surface area contributed by atoms with Crippen LogP contribution in [0.25, 0.3) is 11.1 Å². The third-order valence-electron chi connectivity index (χ3n) is 7.18. The minimum atomic E-state index is -1.75. The Bertz CT molecular complexity index is 1510. The van der Waals surface area contributed by atoms with Crippen LogP contribution in [-0.4, -0.2) is 69.1 Å². The van der Waals surface area contributed by atoms with Crippen LogP contribution in [0.4, 0.5) is 4.39 Å². The van der Waals surface area contributed by atoms with Crippen molar-refractivity contribution in [2.45, 2.75) is 17.9 Å². The Balaban J connectivity index is 2.10. The van der Waals surface area contributed by atoms with Crippen molar-refractivity contribution in [3.05, 3.63) is 94.4 Å². The highest BCUT2D eigenvalue weighted by molar-refractivity contribution is 6.30. The van der Waals surface area contributed by atoms with Crippen LogP contribution in [0.15, 0.2) is 66.9 Å². The van der Waals surface area contributed by atoms with Crippen molar-refractivity contribution in [3.8, 4) is 34.5 Å². The van der Waals surface area contributed by atoms with Gasteiger partial charge in [0.05, 0.1) is 34.4 Å². The summed E-state index contributed by atoms with van der Waals surface area (Å²) >= 11 is 6.30. The molecule has 0 aliphatic carbocycles. The summed E-state index contributed by atoms with van der Waals surface area (Å²) in [6.07, 6.45) is 1.84. The molecule has 0 aliphatic rings. The van der Waals surface area contributed by atoms with E-state index in [1.165, 1.54) is 34.5 Å². The molecule has 42 heavy (non-hydrogen) atoms. The van der Waals surface area contributed by atoms with Gasteiger partial charge in [0.15, 0.2) is 11.6 Å². The first-order chi connectivity index (χ1) is 20.1. The number of halogens is 2. The van der Waals surface area contributed by atoms with E-state index in [9.17, 15) is 5.11 Å². The Kier molecular flexibility index (Phi) is 9.88. The second-order valence-electron chi connectivity index (χ2n) is 10.0. The van der Waals surface area contributed by atoms with Gasteiger partial charge in [-0.3, -0.25) is 0 Å². The van der Waals surface area contributed by atoms with E-state index >= 15 is 4.39 Å². The van der Waals surface area contributed by atoms with Gasteiger partial charge in [-0.15, -0.1) is 0 Å². The number of hydrogen-bond donors (Lipinski definition) is 1. The van der Waals surface area contributed by atoms with E-state index in [0.29, 0.717) is 28.3 Å². The molecule has 0 spiro atoms. The standard InChI is InChI=1S/C32H35ClFN3O5/c1-37(2)14-13-32(38,22-17-27(40-4)36-28(18-22)41-5)29(24-11-8-12-26(39-3)30(24)34)25-16-21(19-35-31(25)42-6)20-9-7-10-23(33)15-20/h7-12,15-19,29,38H,13-14H2,1-6H3. The molecule has 1 N–H and O–H groups in total. The molecule has 2 heterocycles. The zero-order valence-electron chi connectivity index (χ0n) is 24.5. The highest BCUT2D eigenvalue weighted by atomic mass is 35.5. The molecule has 0 radical (unpaired) electrons. The monoisotopic (exact) mass is 595 g/mol. The Morgan fingerprint density at radius 2 is 1.57 bits per heavy atom. The minimum Gasteiger partial charge on any atom is -0.494 e. The highest BCUT2D eigenvalue weighted by Crippen LogP contribution is 2.49. The van der Waals surface area contributed by atoms with Gasteiger partial charge < -0.3 is 29.0 Å². The molecule has 0 saturated heterocycles. The molecule has 2 unspecified atom stereocenters. The van der Waals surface area contributed by atoms with Gasteiger partial charge in [0, 0.05) is 46.6 Å². The molecule has 8 nitrogen and oxygen atoms in total. The van der Waals surface area contributed by atoms with Crippen molar-refractivity contribution in [1.82, 2.24) is 14.9 Å². The number of aliphatic hydroxyl groups is 1. The summed E-state index contributed by atoms with van der Waals surface area (Å²) in [7, 11) is 9.64. The molecule has 0 saturated carbocycles. The van der Waals surface area contributed by atoms with Gasteiger partial charge in [-0.25, -0.2) is 9.37 Å². The van der Waals surface area contributed by atoms with E-state index in [-0.39, 0.29) is 35.4 Å². The van der Waals surface area contributed by atoms with Gasteiger partial charge in [0.2, 0.25) is 17.6 Å². The molecule has 2 atom stereocenters. The van der Waals surface area contributed by atoms with Gasteiger partial charge in [-0.05, 0) is 55.9 Å². The molecular weight excluding hydrogens is 561 g/mol. The van der Waals surface area contributed by atoms with Crippen LogP contribution in [0, 0.1) is 5.82 Å². The van der Waals surface area contributed by atoms with E-state index in [2.05, 4.69) is 9.97 Å². The first kappa shape index (κ1) is 31.0. The molecule has 0 bridgehead atoms. The van der Waals surface area contributed by atoms with E-state index < -0.39 is 17.3 Å². The molecule has 222 valence electrons. The maximum absolute atomic E-state index is 16.3. The topological polar surface area (TPSA) is 86.2 Å². The average Bonchev–Trinajstić information content (AvgIpc) is 3.00. The summed E-state index contributed by atoms with van der Waals surface area (Å²) < 4.78 is 38.2. The summed E-state index contributed by atoms with van der Waals surface area (Å²) in [5, 5.41) is 13.5. The molecule has 4 aromatic rings. The van der Waals surface area contributed by atoms with E-state index in [4.69, 9.17) is 30.5 Å². The van der Waals surface area contributed by atoms with Crippen molar-refractivity contribution in [3.63, 3.8) is 0 Å². The molecule has 4 rings (SSSR count). The second-order valence-corrected chi connectivity index (χ2v) is 10.5. The number of benzene rings is 2. The Morgan fingerprint density at radius 1 is 0.881 bits per heavy atom. The van der Waals surface area contributed by atoms with Gasteiger partial charge in [-0.1, -0.05) is 35.9 Å². The Morgan fingerprint density at radius 3 is 2.17 bits per heavy atom. The molecule has 2 aromatic heterocycles. The van der Waals surface area contributed by atoms with Crippen molar-refractivity contribution in [2.75, 3.05) is 49.1 Å². The predicted octanol–water partition coefficient (Wildman–Crippen LogP) is 5.94. The van der Waals surface area contributed by atoms with Crippen LogP contribution in [-0.2, 0) is 5.60 Å². The maximum atomic E-state index is 16.3. The van der Waals surface area contributed by atoms with Crippen LogP contribution in [0.5, 0.6) is 23.4 Å². The Labute approximate surface area is 250 Å². The zero-order chi connectivity index (χ0) is 30.4. The number of ether oxygens (including phenoxy) is 4. The number of hydrogen-bond acceptors (Lipinski definition) is 8.